The van der Waals surface area contributed by atoms with E-state index in [1.165, 1.54) is 0 Å². The van der Waals surface area contributed by atoms with E-state index in [0.717, 1.165) is 6.07 Å². The standard InChI is InChI=1S/C11H14BrF2NO3S/c1-7(2-3-16)6-15-19(17,18)11-9(12)4-8(13)5-10(11)14/h4-5,7,15-16H,2-3,6H2,1H3. The summed E-state index contributed by atoms with van der Waals surface area (Å²) >= 11 is 2.83. The average Bonchev–Trinajstić information content (AvgIpc) is 2.25. The normalized spacial score (nSPS) is 13.5. The van der Waals surface area contributed by atoms with Gasteiger partial charge in [-0.15, -0.1) is 0 Å². The maximum absolute atomic E-state index is 13.6. The van der Waals surface area contributed by atoms with Crippen LogP contribution in [0, 0.1) is 17.6 Å². The van der Waals surface area contributed by atoms with Crippen molar-refractivity contribution in [1.29, 1.82) is 0 Å². The summed E-state index contributed by atoms with van der Waals surface area (Å²) in [5, 5.41) is 8.72. The quantitative estimate of drug-likeness (QED) is 0.818. The number of nitrogens with one attached hydrogen (secondary N) is 1. The molecule has 0 heterocycles. The van der Waals surface area contributed by atoms with E-state index in [1.807, 2.05) is 0 Å². The van der Waals surface area contributed by atoms with E-state index in [2.05, 4.69) is 20.7 Å². The fraction of sp³-hybridized carbons (Fsp3) is 0.455. The third kappa shape index (κ3) is 4.48. The minimum Gasteiger partial charge on any atom is -0.396 e. The van der Waals surface area contributed by atoms with Crippen LogP contribution in [0.2, 0.25) is 0 Å². The Bertz CT molecular complexity index is 528. The lowest BCUT2D eigenvalue weighted by molar-refractivity contribution is 0.263. The van der Waals surface area contributed by atoms with Gasteiger partial charge in [0.05, 0.1) is 0 Å². The third-order valence-corrected chi connectivity index (χ3v) is 4.86. The molecule has 108 valence electrons. The van der Waals surface area contributed by atoms with Gasteiger partial charge in [0, 0.05) is 23.7 Å². The molecule has 0 aromatic heterocycles. The smallest absolute Gasteiger partial charge is 0.244 e. The number of rotatable bonds is 6. The maximum atomic E-state index is 13.6. The monoisotopic (exact) mass is 357 g/mol. The minimum absolute atomic E-state index is 0.0580. The summed E-state index contributed by atoms with van der Waals surface area (Å²) < 4.78 is 52.4. The Kier molecular flexibility index (Phi) is 5.84. The second-order valence-corrected chi connectivity index (χ2v) is 6.73. The zero-order valence-electron chi connectivity index (χ0n) is 10.2. The highest BCUT2D eigenvalue weighted by molar-refractivity contribution is 9.10. The van der Waals surface area contributed by atoms with Gasteiger partial charge in [-0.1, -0.05) is 6.92 Å². The van der Waals surface area contributed by atoms with E-state index in [1.54, 1.807) is 6.92 Å². The summed E-state index contributed by atoms with van der Waals surface area (Å²) in [6.07, 6.45) is 0.426. The first kappa shape index (κ1) is 16.5. The third-order valence-electron chi connectivity index (χ3n) is 2.48. The molecule has 1 aromatic carbocycles. The lowest BCUT2D eigenvalue weighted by Gasteiger charge is -2.13. The van der Waals surface area contributed by atoms with Crippen molar-refractivity contribution in [2.24, 2.45) is 5.92 Å². The summed E-state index contributed by atoms with van der Waals surface area (Å²) in [5.41, 5.74) is 0. The zero-order valence-corrected chi connectivity index (χ0v) is 12.6. The maximum Gasteiger partial charge on any atom is 0.244 e. The van der Waals surface area contributed by atoms with Gasteiger partial charge in [0.2, 0.25) is 10.0 Å². The van der Waals surface area contributed by atoms with Crippen LogP contribution in [0.4, 0.5) is 8.78 Å². The van der Waals surface area contributed by atoms with Gasteiger partial charge >= 0.3 is 0 Å². The summed E-state index contributed by atoms with van der Waals surface area (Å²) in [7, 11) is -4.07. The van der Waals surface area contributed by atoms with Crippen molar-refractivity contribution in [3.05, 3.63) is 28.2 Å². The van der Waals surface area contributed by atoms with Crippen LogP contribution in [0.1, 0.15) is 13.3 Å². The fourth-order valence-electron chi connectivity index (χ4n) is 1.43. The molecule has 0 fully saturated rings. The van der Waals surface area contributed by atoms with Crippen LogP contribution in [0.25, 0.3) is 0 Å². The van der Waals surface area contributed by atoms with Crippen molar-refractivity contribution in [3.63, 3.8) is 0 Å². The molecule has 0 amide bonds. The number of hydrogen-bond donors (Lipinski definition) is 2. The number of aliphatic hydroxyl groups excluding tert-OH is 1. The Morgan fingerprint density at radius 2 is 2.05 bits per heavy atom. The van der Waals surface area contributed by atoms with E-state index in [4.69, 9.17) is 5.11 Å². The number of sulfonamides is 1. The molecule has 0 radical (unpaired) electrons. The van der Waals surface area contributed by atoms with Gasteiger partial charge in [-0.2, -0.15) is 0 Å². The number of hydrogen-bond acceptors (Lipinski definition) is 3. The second kappa shape index (κ2) is 6.74. The Morgan fingerprint density at radius 1 is 1.42 bits per heavy atom. The highest BCUT2D eigenvalue weighted by atomic mass is 79.9. The SMILES string of the molecule is CC(CCO)CNS(=O)(=O)c1c(F)cc(F)cc1Br. The van der Waals surface area contributed by atoms with Crippen molar-refractivity contribution in [3.8, 4) is 0 Å². The predicted octanol–water partition coefficient (Wildman–Crippen LogP) is 2.02. The highest BCUT2D eigenvalue weighted by Gasteiger charge is 2.23. The van der Waals surface area contributed by atoms with Crippen molar-refractivity contribution in [2.45, 2.75) is 18.2 Å². The van der Waals surface area contributed by atoms with Gasteiger partial charge < -0.3 is 5.11 Å². The van der Waals surface area contributed by atoms with Gasteiger partial charge in [-0.25, -0.2) is 21.9 Å². The molecule has 0 aliphatic carbocycles. The molecule has 1 unspecified atom stereocenters. The van der Waals surface area contributed by atoms with Crippen molar-refractivity contribution in [2.75, 3.05) is 13.2 Å². The Hall–Kier alpha value is -0.570. The Balaban J connectivity index is 2.95. The van der Waals surface area contributed by atoms with E-state index in [0.29, 0.717) is 12.5 Å². The van der Waals surface area contributed by atoms with E-state index in [-0.39, 0.29) is 23.5 Å². The molecule has 0 saturated carbocycles. The molecule has 19 heavy (non-hydrogen) atoms. The molecular formula is C11H14BrF2NO3S. The summed E-state index contributed by atoms with van der Waals surface area (Å²) in [5.74, 6) is -2.12. The van der Waals surface area contributed by atoms with Gasteiger partial charge in [0.1, 0.15) is 16.5 Å². The van der Waals surface area contributed by atoms with Gasteiger partial charge in [0.25, 0.3) is 0 Å². The minimum atomic E-state index is -4.07. The van der Waals surface area contributed by atoms with Crippen molar-refractivity contribution < 1.29 is 22.3 Å². The molecule has 0 aliphatic heterocycles. The molecule has 0 aliphatic rings. The van der Waals surface area contributed by atoms with Gasteiger partial charge in [-0.3, -0.25) is 0 Å². The second-order valence-electron chi connectivity index (χ2n) is 4.17. The Labute approximate surface area is 119 Å². The first-order valence-electron chi connectivity index (χ1n) is 5.53. The first-order valence-corrected chi connectivity index (χ1v) is 7.80. The van der Waals surface area contributed by atoms with E-state index in [9.17, 15) is 17.2 Å². The molecule has 0 saturated heterocycles. The molecule has 4 nitrogen and oxygen atoms in total. The van der Waals surface area contributed by atoms with Crippen LogP contribution in [0.15, 0.2) is 21.5 Å². The molecule has 1 rings (SSSR count). The zero-order chi connectivity index (χ0) is 14.6. The number of benzene rings is 1. The predicted molar refractivity (Wildman–Crippen MR) is 70.1 cm³/mol. The largest absolute Gasteiger partial charge is 0.396 e. The van der Waals surface area contributed by atoms with E-state index >= 15 is 0 Å². The van der Waals surface area contributed by atoms with Crippen LogP contribution >= 0.6 is 15.9 Å². The average molecular weight is 358 g/mol. The van der Waals surface area contributed by atoms with Crippen LogP contribution < -0.4 is 4.72 Å². The lowest BCUT2D eigenvalue weighted by atomic mass is 10.1. The lowest BCUT2D eigenvalue weighted by Crippen LogP contribution is -2.29. The molecule has 1 atom stereocenters. The summed E-state index contributed by atoms with van der Waals surface area (Å²) in [6.45, 7) is 1.75. The molecule has 1 aromatic rings. The van der Waals surface area contributed by atoms with Gasteiger partial charge in [-0.05, 0) is 34.3 Å². The van der Waals surface area contributed by atoms with Crippen LogP contribution in [0.3, 0.4) is 0 Å². The fourth-order valence-corrected chi connectivity index (χ4v) is 3.76. The number of halogens is 3. The molecule has 8 heteroatoms. The molecule has 0 spiro atoms. The summed E-state index contributed by atoms with van der Waals surface area (Å²) in [4.78, 5) is -0.620. The Morgan fingerprint density at radius 3 is 2.58 bits per heavy atom. The topological polar surface area (TPSA) is 66.4 Å². The molecular weight excluding hydrogens is 344 g/mol. The summed E-state index contributed by atoms with van der Waals surface area (Å²) in [6, 6.07) is 1.39. The highest BCUT2D eigenvalue weighted by Crippen LogP contribution is 2.26. The van der Waals surface area contributed by atoms with Crippen LogP contribution in [-0.4, -0.2) is 26.7 Å². The molecule has 2 N–H and O–H groups in total. The van der Waals surface area contributed by atoms with Crippen molar-refractivity contribution >= 4 is 26.0 Å². The number of aliphatic hydroxyl groups is 1. The van der Waals surface area contributed by atoms with Crippen LogP contribution in [-0.2, 0) is 10.0 Å². The molecule has 0 bridgehead atoms. The van der Waals surface area contributed by atoms with Crippen molar-refractivity contribution in [1.82, 2.24) is 4.72 Å². The van der Waals surface area contributed by atoms with E-state index < -0.39 is 26.6 Å². The van der Waals surface area contributed by atoms with Crippen LogP contribution in [0.5, 0.6) is 0 Å². The van der Waals surface area contributed by atoms with Gasteiger partial charge in [0.15, 0.2) is 0 Å². The first-order chi connectivity index (χ1) is 8.77.